The maximum absolute atomic E-state index is 12.8. The monoisotopic (exact) mass is 565 g/mol. The van der Waals surface area contributed by atoms with Gasteiger partial charge in [0.1, 0.15) is 17.5 Å². The molecule has 1 atom stereocenters. The molecule has 6 nitrogen and oxygen atoms in total. The third kappa shape index (κ3) is 5.66. The number of nitrogens with one attached hydrogen (secondary N) is 1. The van der Waals surface area contributed by atoms with E-state index in [1.165, 1.54) is 7.11 Å². The first kappa shape index (κ1) is 25.9. The second-order valence-electron chi connectivity index (χ2n) is 7.20. The molecule has 0 unspecified atom stereocenters. The average molecular weight is 567 g/mol. The number of hydrogen-bond acceptors (Lipinski definition) is 5. The zero-order chi connectivity index (χ0) is 24.8. The Morgan fingerprint density at radius 3 is 2.15 bits per heavy atom. The Balaban J connectivity index is 1.87. The van der Waals surface area contributed by atoms with Crippen molar-refractivity contribution in [2.75, 3.05) is 21.3 Å². The van der Waals surface area contributed by atoms with E-state index in [1.54, 1.807) is 32.4 Å². The van der Waals surface area contributed by atoms with Crippen molar-refractivity contribution in [3.8, 4) is 22.6 Å². The molecule has 0 bridgehead atoms. The summed E-state index contributed by atoms with van der Waals surface area (Å²) in [5.74, 6) is 0.148. The van der Waals surface area contributed by atoms with E-state index in [2.05, 4.69) is 21.2 Å². The van der Waals surface area contributed by atoms with E-state index in [0.717, 1.165) is 21.2 Å². The maximum Gasteiger partial charge on any atom is 0.328 e. The molecule has 0 aliphatic heterocycles. The van der Waals surface area contributed by atoms with E-state index < -0.39 is 17.9 Å². The number of carbonyl (C=O) groups excluding carboxylic acids is 2. The summed E-state index contributed by atoms with van der Waals surface area (Å²) >= 11 is 15.8. The van der Waals surface area contributed by atoms with Crippen molar-refractivity contribution in [2.45, 2.75) is 12.5 Å². The van der Waals surface area contributed by atoms with E-state index in [1.807, 2.05) is 36.4 Å². The van der Waals surface area contributed by atoms with Crippen LogP contribution in [0.25, 0.3) is 11.1 Å². The molecule has 1 N–H and O–H groups in total. The zero-order valence-electron chi connectivity index (χ0n) is 18.7. The molecule has 178 valence electrons. The second-order valence-corrected chi connectivity index (χ2v) is 8.87. The lowest BCUT2D eigenvalue weighted by Gasteiger charge is -2.18. The number of esters is 1. The summed E-state index contributed by atoms with van der Waals surface area (Å²) in [6.07, 6.45) is 0.202. The van der Waals surface area contributed by atoms with Crippen molar-refractivity contribution >= 4 is 51.0 Å². The fraction of sp³-hybridized carbons (Fsp3) is 0.200. The summed E-state index contributed by atoms with van der Waals surface area (Å²) in [5.41, 5.74) is 2.55. The molecular weight excluding hydrogens is 545 g/mol. The second kappa shape index (κ2) is 11.6. The molecule has 34 heavy (non-hydrogen) atoms. The number of benzene rings is 3. The van der Waals surface area contributed by atoms with Gasteiger partial charge in [-0.1, -0.05) is 53.5 Å². The number of amides is 1. The highest BCUT2D eigenvalue weighted by atomic mass is 79.9. The number of halogens is 3. The Morgan fingerprint density at radius 2 is 1.59 bits per heavy atom. The minimum absolute atomic E-state index is 0.101. The number of carbonyl (C=O) groups is 2. The van der Waals surface area contributed by atoms with Crippen LogP contribution in [0.4, 0.5) is 0 Å². The molecule has 0 aliphatic carbocycles. The van der Waals surface area contributed by atoms with E-state index in [-0.39, 0.29) is 22.0 Å². The van der Waals surface area contributed by atoms with Crippen LogP contribution >= 0.6 is 39.1 Å². The molecular formula is C25H22BrCl2NO5. The first-order valence-corrected chi connectivity index (χ1v) is 11.7. The smallest absolute Gasteiger partial charge is 0.328 e. The highest BCUT2D eigenvalue weighted by Crippen LogP contribution is 2.43. The summed E-state index contributed by atoms with van der Waals surface area (Å²) in [6, 6.07) is 15.0. The Hall–Kier alpha value is -2.74. The Morgan fingerprint density at radius 1 is 0.941 bits per heavy atom. The molecule has 9 heteroatoms. The first-order chi connectivity index (χ1) is 16.3. The fourth-order valence-electron chi connectivity index (χ4n) is 3.51. The normalized spacial score (nSPS) is 11.5. The van der Waals surface area contributed by atoms with Crippen LogP contribution in [0.5, 0.6) is 11.5 Å². The van der Waals surface area contributed by atoms with E-state index in [0.29, 0.717) is 11.5 Å². The predicted octanol–water partition coefficient (Wildman–Crippen LogP) is 5.95. The average Bonchev–Trinajstić information content (AvgIpc) is 2.83. The van der Waals surface area contributed by atoms with Gasteiger partial charge in [-0.25, -0.2) is 4.79 Å². The third-order valence-corrected chi connectivity index (χ3v) is 6.41. The largest absolute Gasteiger partial charge is 0.496 e. The number of methoxy groups -OCH3 is 3. The maximum atomic E-state index is 12.8. The van der Waals surface area contributed by atoms with Gasteiger partial charge < -0.3 is 19.5 Å². The first-order valence-electron chi connectivity index (χ1n) is 10.1. The van der Waals surface area contributed by atoms with Gasteiger partial charge in [0.15, 0.2) is 0 Å². The van der Waals surface area contributed by atoms with Crippen molar-refractivity contribution in [3.63, 3.8) is 0 Å². The quantitative estimate of drug-likeness (QED) is 0.341. The van der Waals surface area contributed by atoms with E-state index in [9.17, 15) is 9.59 Å². The molecule has 0 saturated carbocycles. The number of ether oxygens (including phenoxy) is 3. The summed E-state index contributed by atoms with van der Waals surface area (Å²) in [6.45, 7) is 0. The molecule has 0 fully saturated rings. The molecule has 3 aromatic rings. The van der Waals surface area contributed by atoms with Gasteiger partial charge in [-0.05, 0) is 51.3 Å². The van der Waals surface area contributed by atoms with Gasteiger partial charge in [0.25, 0.3) is 5.91 Å². The topological polar surface area (TPSA) is 73.9 Å². The third-order valence-electron chi connectivity index (χ3n) is 5.16. The summed E-state index contributed by atoms with van der Waals surface area (Å²) in [7, 11) is 4.45. The molecule has 1 amide bonds. The molecule has 0 radical (unpaired) electrons. The van der Waals surface area contributed by atoms with Crippen LogP contribution in [-0.2, 0) is 16.0 Å². The van der Waals surface area contributed by atoms with Crippen LogP contribution in [0.15, 0.2) is 59.1 Å². The molecule has 3 rings (SSSR count). The van der Waals surface area contributed by atoms with Crippen LogP contribution in [0.1, 0.15) is 15.9 Å². The lowest BCUT2D eigenvalue weighted by Crippen LogP contribution is -2.43. The van der Waals surface area contributed by atoms with Crippen LogP contribution < -0.4 is 14.8 Å². The molecule has 3 aromatic carbocycles. The highest BCUT2D eigenvalue weighted by molar-refractivity contribution is 9.10. The van der Waals surface area contributed by atoms with Gasteiger partial charge in [0.2, 0.25) is 0 Å². The Labute approximate surface area is 216 Å². The standard InChI is InChI=1S/C25H22BrCl2NO5/c1-32-20-12-11-16(26)23(33-2)21(20)15-9-7-14(8-10-15)13-19(25(31)34-3)29-24(30)22-17(27)5-4-6-18(22)28/h4-12,19H,13H2,1-3H3,(H,29,30)/t19-/m0/s1. The summed E-state index contributed by atoms with van der Waals surface area (Å²) < 4.78 is 16.8. The van der Waals surface area contributed by atoms with Crippen molar-refractivity contribution < 1.29 is 23.8 Å². The molecule has 0 aliphatic rings. The van der Waals surface area contributed by atoms with Gasteiger partial charge in [-0.15, -0.1) is 0 Å². The van der Waals surface area contributed by atoms with Crippen LogP contribution in [0, 0.1) is 0 Å². The van der Waals surface area contributed by atoms with Crippen molar-refractivity contribution in [1.82, 2.24) is 5.32 Å². The summed E-state index contributed by atoms with van der Waals surface area (Å²) in [5, 5.41) is 3.06. The minimum Gasteiger partial charge on any atom is -0.496 e. The lowest BCUT2D eigenvalue weighted by atomic mass is 9.99. The van der Waals surface area contributed by atoms with Gasteiger partial charge in [-0.2, -0.15) is 0 Å². The van der Waals surface area contributed by atoms with Crippen LogP contribution in [0.3, 0.4) is 0 Å². The van der Waals surface area contributed by atoms with Crippen LogP contribution in [0.2, 0.25) is 10.0 Å². The predicted molar refractivity (Wildman–Crippen MR) is 136 cm³/mol. The SMILES string of the molecule is COC(=O)[C@H](Cc1ccc(-c2c(OC)ccc(Br)c2OC)cc1)NC(=O)c1c(Cl)cccc1Cl. The number of hydrogen-bond donors (Lipinski definition) is 1. The van der Waals surface area contributed by atoms with Gasteiger partial charge in [-0.3, -0.25) is 4.79 Å². The fourth-order valence-corrected chi connectivity index (χ4v) is 4.57. The highest BCUT2D eigenvalue weighted by Gasteiger charge is 2.25. The van der Waals surface area contributed by atoms with Gasteiger partial charge >= 0.3 is 5.97 Å². The zero-order valence-corrected chi connectivity index (χ0v) is 21.8. The lowest BCUT2D eigenvalue weighted by molar-refractivity contribution is -0.142. The molecule has 0 aromatic heterocycles. The van der Waals surface area contributed by atoms with Crippen LogP contribution in [-0.4, -0.2) is 39.2 Å². The number of rotatable bonds is 8. The molecule has 0 heterocycles. The Bertz CT molecular complexity index is 1180. The molecule has 0 saturated heterocycles. The molecule has 0 spiro atoms. The minimum atomic E-state index is -0.939. The van der Waals surface area contributed by atoms with Crippen molar-refractivity contribution in [2.24, 2.45) is 0 Å². The van der Waals surface area contributed by atoms with Gasteiger partial charge in [0.05, 0.1) is 47.0 Å². The Kier molecular flexibility index (Phi) is 8.83. The van der Waals surface area contributed by atoms with Gasteiger partial charge in [0, 0.05) is 6.42 Å². The van der Waals surface area contributed by atoms with E-state index >= 15 is 0 Å². The summed E-state index contributed by atoms with van der Waals surface area (Å²) in [4.78, 5) is 25.2. The van der Waals surface area contributed by atoms with E-state index in [4.69, 9.17) is 37.4 Å². The van der Waals surface area contributed by atoms with Crippen molar-refractivity contribution in [1.29, 1.82) is 0 Å². The van der Waals surface area contributed by atoms with Crippen molar-refractivity contribution in [3.05, 3.63) is 80.2 Å².